The van der Waals surface area contributed by atoms with Gasteiger partial charge in [-0.2, -0.15) is 0 Å². The van der Waals surface area contributed by atoms with Crippen LogP contribution >= 0.6 is 0 Å². The minimum Gasteiger partial charge on any atom is -0.480 e. The Kier molecular flexibility index (Phi) is 7.50. The summed E-state index contributed by atoms with van der Waals surface area (Å²) in [4.78, 5) is 36.2. The van der Waals surface area contributed by atoms with Gasteiger partial charge < -0.3 is 20.5 Å². The number of unbranched alkanes of at least 4 members (excludes halogenated alkanes) is 1. The SMILES string of the molecule is O=C(CCCCNC(=O)OCC1c2ccccc2-c2ccccc21)NC1(C(=O)O)CCCCC1. The fourth-order valence-corrected chi connectivity index (χ4v) is 5.13. The molecule has 3 N–H and O–H groups in total. The second-order valence-electron chi connectivity index (χ2n) is 9.21. The summed E-state index contributed by atoms with van der Waals surface area (Å²) in [5, 5.41) is 15.1. The molecule has 2 aliphatic rings. The first kappa shape index (κ1) is 23.8. The molecule has 4 rings (SSSR count). The minimum atomic E-state index is -1.12. The highest BCUT2D eigenvalue weighted by Crippen LogP contribution is 2.44. The second-order valence-corrected chi connectivity index (χ2v) is 9.21. The third-order valence-electron chi connectivity index (χ3n) is 6.94. The standard InChI is InChI=1S/C27H32N2O5/c30-24(29-27(25(31)32)15-7-1-8-16-27)14-6-9-17-28-26(33)34-18-23-21-12-4-2-10-19(21)20-11-3-5-13-22(20)23/h2-5,10-13,23H,1,6-9,14-18H2,(H,28,33)(H,29,30)(H,31,32). The molecule has 2 aromatic carbocycles. The maximum Gasteiger partial charge on any atom is 0.407 e. The molecular weight excluding hydrogens is 432 g/mol. The first-order valence-corrected chi connectivity index (χ1v) is 12.1. The van der Waals surface area contributed by atoms with Crippen LogP contribution in [-0.2, 0) is 14.3 Å². The summed E-state index contributed by atoms with van der Waals surface area (Å²) in [6.07, 6.45) is 4.54. The van der Waals surface area contributed by atoms with E-state index in [2.05, 4.69) is 34.9 Å². The molecule has 7 heteroatoms. The number of carboxylic acid groups (broad SMARTS) is 1. The summed E-state index contributed by atoms with van der Waals surface area (Å²) < 4.78 is 5.51. The van der Waals surface area contributed by atoms with Crippen LogP contribution in [0, 0.1) is 0 Å². The number of carbonyl (C=O) groups excluding carboxylic acids is 2. The van der Waals surface area contributed by atoms with Crippen molar-refractivity contribution in [2.45, 2.75) is 62.8 Å². The molecule has 0 unspecified atom stereocenters. The van der Waals surface area contributed by atoms with Gasteiger partial charge in [-0.05, 0) is 47.9 Å². The van der Waals surface area contributed by atoms with Crippen molar-refractivity contribution < 1.29 is 24.2 Å². The lowest BCUT2D eigenvalue weighted by Crippen LogP contribution is -2.55. The van der Waals surface area contributed by atoms with Gasteiger partial charge in [0.05, 0.1) is 0 Å². The van der Waals surface area contributed by atoms with Crippen LogP contribution in [-0.4, -0.2) is 41.8 Å². The number of rotatable bonds is 9. The monoisotopic (exact) mass is 464 g/mol. The molecule has 0 heterocycles. The number of amides is 2. The molecule has 0 spiro atoms. The minimum absolute atomic E-state index is 0.0168. The van der Waals surface area contributed by atoms with Crippen molar-refractivity contribution in [3.05, 3.63) is 59.7 Å². The molecule has 2 aliphatic carbocycles. The number of hydrogen-bond donors (Lipinski definition) is 3. The van der Waals surface area contributed by atoms with E-state index >= 15 is 0 Å². The summed E-state index contributed by atoms with van der Waals surface area (Å²) in [5.74, 6) is -1.17. The van der Waals surface area contributed by atoms with Gasteiger partial charge in [0.15, 0.2) is 0 Å². The maximum atomic E-state index is 12.3. The van der Waals surface area contributed by atoms with E-state index in [-0.39, 0.29) is 24.9 Å². The number of benzene rings is 2. The highest BCUT2D eigenvalue weighted by Gasteiger charge is 2.40. The molecule has 34 heavy (non-hydrogen) atoms. The van der Waals surface area contributed by atoms with Crippen LogP contribution in [0.4, 0.5) is 4.79 Å². The van der Waals surface area contributed by atoms with Crippen LogP contribution in [0.5, 0.6) is 0 Å². The molecule has 1 fully saturated rings. The number of carboxylic acids is 1. The summed E-state index contributed by atoms with van der Waals surface area (Å²) in [5.41, 5.74) is 3.58. The third kappa shape index (κ3) is 5.24. The van der Waals surface area contributed by atoms with Gasteiger partial charge in [-0.25, -0.2) is 9.59 Å². The van der Waals surface area contributed by atoms with Gasteiger partial charge in [-0.1, -0.05) is 67.8 Å². The maximum absolute atomic E-state index is 12.3. The molecule has 180 valence electrons. The van der Waals surface area contributed by atoms with E-state index in [1.54, 1.807) is 0 Å². The Labute approximate surface area is 199 Å². The van der Waals surface area contributed by atoms with Crippen LogP contribution in [0.15, 0.2) is 48.5 Å². The predicted molar refractivity (Wildman–Crippen MR) is 129 cm³/mol. The van der Waals surface area contributed by atoms with Crippen molar-refractivity contribution in [3.63, 3.8) is 0 Å². The Morgan fingerprint density at radius 3 is 2.15 bits per heavy atom. The van der Waals surface area contributed by atoms with Crippen molar-refractivity contribution in [2.24, 2.45) is 0 Å². The molecule has 0 bridgehead atoms. The molecule has 1 saturated carbocycles. The zero-order valence-electron chi connectivity index (χ0n) is 19.3. The van der Waals surface area contributed by atoms with Crippen molar-refractivity contribution in [1.82, 2.24) is 10.6 Å². The molecule has 0 radical (unpaired) electrons. The number of carbonyl (C=O) groups is 3. The van der Waals surface area contributed by atoms with E-state index in [0.717, 1.165) is 19.3 Å². The number of aliphatic carboxylic acids is 1. The van der Waals surface area contributed by atoms with Gasteiger partial charge in [0, 0.05) is 18.9 Å². The van der Waals surface area contributed by atoms with E-state index in [9.17, 15) is 19.5 Å². The average Bonchev–Trinajstić information content (AvgIpc) is 3.17. The van der Waals surface area contributed by atoms with Crippen LogP contribution in [0.2, 0.25) is 0 Å². The normalized spacial score (nSPS) is 16.2. The second kappa shape index (κ2) is 10.7. The lowest BCUT2D eigenvalue weighted by Gasteiger charge is -2.34. The predicted octanol–water partition coefficient (Wildman–Crippen LogP) is 4.60. The van der Waals surface area contributed by atoms with Gasteiger partial charge in [0.25, 0.3) is 0 Å². The molecule has 7 nitrogen and oxygen atoms in total. The quantitative estimate of drug-likeness (QED) is 0.471. The molecule has 0 saturated heterocycles. The van der Waals surface area contributed by atoms with Crippen LogP contribution < -0.4 is 10.6 Å². The lowest BCUT2D eigenvalue weighted by molar-refractivity contribution is -0.149. The van der Waals surface area contributed by atoms with Gasteiger partial charge in [0.2, 0.25) is 5.91 Å². The number of nitrogens with one attached hydrogen (secondary N) is 2. The largest absolute Gasteiger partial charge is 0.480 e. The van der Waals surface area contributed by atoms with Crippen molar-refractivity contribution in [2.75, 3.05) is 13.2 Å². The average molecular weight is 465 g/mol. The summed E-state index contributed by atoms with van der Waals surface area (Å²) in [6, 6.07) is 16.4. The van der Waals surface area contributed by atoms with Gasteiger partial charge in [-0.3, -0.25) is 4.79 Å². The van der Waals surface area contributed by atoms with Crippen molar-refractivity contribution in [1.29, 1.82) is 0 Å². The van der Waals surface area contributed by atoms with E-state index in [4.69, 9.17) is 4.74 Å². The summed E-state index contributed by atoms with van der Waals surface area (Å²) >= 11 is 0. The highest BCUT2D eigenvalue weighted by atomic mass is 16.5. The zero-order valence-corrected chi connectivity index (χ0v) is 19.3. The van der Waals surface area contributed by atoms with Crippen molar-refractivity contribution >= 4 is 18.0 Å². The van der Waals surface area contributed by atoms with Crippen molar-refractivity contribution in [3.8, 4) is 11.1 Å². The van der Waals surface area contributed by atoms with Crippen LogP contribution in [0.3, 0.4) is 0 Å². The van der Waals surface area contributed by atoms with E-state index in [1.807, 2.05) is 24.3 Å². The number of hydrogen-bond acceptors (Lipinski definition) is 4. The van der Waals surface area contributed by atoms with Gasteiger partial charge >= 0.3 is 12.1 Å². The Balaban J connectivity index is 1.17. The van der Waals surface area contributed by atoms with E-state index < -0.39 is 17.6 Å². The molecule has 0 aromatic heterocycles. The topological polar surface area (TPSA) is 105 Å². The van der Waals surface area contributed by atoms with Gasteiger partial charge in [-0.15, -0.1) is 0 Å². The fraction of sp³-hybridized carbons (Fsp3) is 0.444. The molecule has 2 amide bonds. The first-order chi connectivity index (χ1) is 16.5. The Bertz CT molecular complexity index is 999. The Morgan fingerprint density at radius 1 is 0.912 bits per heavy atom. The molecule has 0 atom stereocenters. The molecular formula is C27H32N2O5. The summed E-state index contributed by atoms with van der Waals surface area (Å²) in [7, 11) is 0. The fourth-order valence-electron chi connectivity index (χ4n) is 5.13. The molecule has 0 aliphatic heterocycles. The first-order valence-electron chi connectivity index (χ1n) is 12.1. The molecule has 2 aromatic rings. The zero-order chi connectivity index (χ0) is 24.0. The van der Waals surface area contributed by atoms with Crippen LogP contribution in [0.25, 0.3) is 11.1 Å². The number of ether oxygens (including phenoxy) is 1. The Hall–Kier alpha value is -3.35. The highest BCUT2D eigenvalue weighted by molar-refractivity contribution is 5.87. The van der Waals surface area contributed by atoms with E-state index in [0.29, 0.717) is 32.2 Å². The number of fused-ring (bicyclic) bond motifs is 3. The number of alkyl carbamates (subject to hydrolysis) is 1. The van der Waals surface area contributed by atoms with Crippen LogP contribution in [0.1, 0.15) is 68.4 Å². The summed E-state index contributed by atoms with van der Waals surface area (Å²) in [6.45, 7) is 0.660. The smallest absolute Gasteiger partial charge is 0.407 e. The lowest BCUT2D eigenvalue weighted by atomic mass is 9.81. The third-order valence-corrected chi connectivity index (χ3v) is 6.94. The van der Waals surface area contributed by atoms with Gasteiger partial charge in [0.1, 0.15) is 12.1 Å². The Morgan fingerprint density at radius 2 is 1.53 bits per heavy atom. The van der Waals surface area contributed by atoms with E-state index in [1.165, 1.54) is 22.3 Å².